The second-order valence-electron chi connectivity index (χ2n) is 7.42. The maximum Gasteiger partial charge on any atom is 0.345 e. The van der Waals surface area contributed by atoms with Crippen molar-refractivity contribution in [2.75, 3.05) is 0 Å². The van der Waals surface area contributed by atoms with Crippen molar-refractivity contribution in [1.82, 2.24) is 0 Å². The fourth-order valence-electron chi connectivity index (χ4n) is 4.44. The van der Waals surface area contributed by atoms with E-state index in [2.05, 4.69) is 9.58 Å². The summed E-state index contributed by atoms with van der Waals surface area (Å²) in [5.74, 6) is 0.121. The third-order valence-corrected chi connectivity index (χ3v) is 5.86. The third kappa shape index (κ3) is 3.26. The number of hydrogen-bond donors (Lipinski definition) is 0. The zero-order valence-corrected chi connectivity index (χ0v) is 14.8. The zero-order valence-electron chi connectivity index (χ0n) is 14.8. The van der Waals surface area contributed by atoms with Crippen molar-refractivity contribution in [3.05, 3.63) is 65.0 Å². The van der Waals surface area contributed by atoms with Crippen LogP contribution < -0.4 is 0 Å². The molecule has 2 aromatic rings. The number of alkyl halides is 2. The number of ether oxygens (including phenoxy) is 1. The lowest BCUT2D eigenvalue weighted by Gasteiger charge is -2.35. The third-order valence-electron chi connectivity index (χ3n) is 5.86. The molecule has 2 aliphatic carbocycles. The molecule has 0 saturated heterocycles. The van der Waals surface area contributed by atoms with Crippen molar-refractivity contribution in [2.24, 2.45) is 5.41 Å². The number of carbonyl (C=O) groups is 1. The van der Waals surface area contributed by atoms with Crippen LogP contribution >= 0.6 is 0 Å². The smallest absolute Gasteiger partial charge is 0.320 e. The Morgan fingerprint density at radius 1 is 1.11 bits per heavy atom. The average molecular weight is 367 g/mol. The molecule has 1 fully saturated rings. The van der Waals surface area contributed by atoms with Gasteiger partial charge in [-0.15, -0.1) is 0 Å². The van der Waals surface area contributed by atoms with E-state index in [-0.39, 0.29) is 5.78 Å². The minimum absolute atomic E-state index is 0.121. The molecule has 4 rings (SSSR count). The minimum Gasteiger partial charge on any atom is -0.320 e. The molecular weight excluding hydrogens is 348 g/mol. The van der Waals surface area contributed by atoms with Crippen molar-refractivity contribution < 1.29 is 18.3 Å². The summed E-state index contributed by atoms with van der Waals surface area (Å²) in [4.78, 5) is 16.6. The van der Waals surface area contributed by atoms with Crippen LogP contribution in [-0.4, -0.2) is 18.5 Å². The standard InChI is InChI=1S/C22H19F2NO2/c1-25-17-4-2-3-14(11-17)15-5-6-16-13-22(20(26)19(16)12-15)9-7-18(8-10-22)27-21(23)24/h2-6,11-12,18,21H,7-10,13H2. The number of ketones is 1. The van der Waals surface area contributed by atoms with Gasteiger partial charge in [0, 0.05) is 11.0 Å². The maximum absolute atomic E-state index is 13.2. The van der Waals surface area contributed by atoms with Crippen molar-refractivity contribution in [1.29, 1.82) is 0 Å². The highest BCUT2D eigenvalue weighted by atomic mass is 19.3. The molecule has 0 aromatic heterocycles. The second kappa shape index (κ2) is 6.86. The fraction of sp³-hybridized carbons (Fsp3) is 0.364. The summed E-state index contributed by atoms with van der Waals surface area (Å²) >= 11 is 0. The van der Waals surface area contributed by atoms with E-state index in [0.717, 1.165) is 22.3 Å². The molecule has 0 heterocycles. The molecule has 2 aliphatic rings. The van der Waals surface area contributed by atoms with Crippen LogP contribution in [0.15, 0.2) is 42.5 Å². The average Bonchev–Trinajstić information content (AvgIpc) is 2.95. The molecular formula is C22H19F2NO2. The van der Waals surface area contributed by atoms with Crippen LogP contribution in [-0.2, 0) is 11.2 Å². The Bertz CT molecular complexity index is 924. The SMILES string of the molecule is [C-]#[N+]c1cccc(-c2ccc3c(c2)C(=O)C2(CCC(OC(F)F)CC2)C3)c1. The molecule has 0 radical (unpaired) electrons. The van der Waals surface area contributed by atoms with Gasteiger partial charge in [-0.25, -0.2) is 4.85 Å². The van der Waals surface area contributed by atoms with Gasteiger partial charge in [-0.1, -0.05) is 30.3 Å². The van der Waals surface area contributed by atoms with Crippen LogP contribution in [0.1, 0.15) is 41.6 Å². The van der Waals surface area contributed by atoms with E-state index in [1.54, 1.807) is 6.07 Å². The largest absolute Gasteiger partial charge is 0.345 e. The Labute approximate surface area is 156 Å². The van der Waals surface area contributed by atoms with Gasteiger partial charge in [0.15, 0.2) is 11.5 Å². The fourth-order valence-corrected chi connectivity index (χ4v) is 4.44. The summed E-state index contributed by atoms with van der Waals surface area (Å²) in [7, 11) is 0. The first-order valence-electron chi connectivity index (χ1n) is 9.10. The first kappa shape index (κ1) is 17.8. The van der Waals surface area contributed by atoms with Crippen LogP contribution in [0.25, 0.3) is 16.0 Å². The number of rotatable bonds is 3. The quantitative estimate of drug-likeness (QED) is 0.641. The Morgan fingerprint density at radius 3 is 2.56 bits per heavy atom. The monoisotopic (exact) mass is 367 g/mol. The molecule has 0 N–H and O–H groups in total. The van der Waals surface area contributed by atoms with Gasteiger partial charge in [-0.2, -0.15) is 8.78 Å². The number of carbonyl (C=O) groups excluding carboxylic acids is 1. The lowest BCUT2D eigenvalue weighted by molar-refractivity contribution is -0.173. The highest BCUT2D eigenvalue weighted by Gasteiger charge is 2.47. The van der Waals surface area contributed by atoms with Crippen LogP contribution in [0.3, 0.4) is 0 Å². The van der Waals surface area contributed by atoms with Gasteiger partial charge in [-0.3, -0.25) is 4.79 Å². The summed E-state index contributed by atoms with van der Waals surface area (Å²) in [6, 6.07) is 13.2. The normalized spacial score (nSPS) is 24.2. The van der Waals surface area contributed by atoms with Gasteiger partial charge in [0.05, 0.1) is 12.7 Å². The number of halogens is 2. The maximum atomic E-state index is 13.2. The molecule has 1 spiro atoms. The van der Waals surface area contributed by atoms with E-state index in [4.69, 9.17) is 6.57 Å². The highest BCUT2D eigenvalue weighted by Crippen LogP contribution is 2.48. The van der Waals surface area contributed by atoms with E-state index in [0.29, 0.717) is 37.8 Å². The molecule has 3 nitrogen and oxygen atoms in total. The van der Waals surface area contributed by atoms with Gasteiger partial charge >= 0.3 is 6.61 Å². The molecule has 5 heteroatoms. The van der Waals surface area contributed by atoms with E-state index in [9.17, 15) is 13.6 Å². The lowest BCUT2D eigenvalue weighted by atomic mass is 9.70. The van der Waals surface area contributed by atoms with Crippen LogP contribution in [0.4, 0.5) is 14.5 Å². The predicted molar refractivity (Wildman–Crippen MR) is 98.0 cm³/mol. The Hall–Kier alpha value is -2.58. The summed E-state index contributed by atoms with van der Waals surface area (Å²) in [6.45, 7) is 4.40. The van der Waals surface area contributed by atoms with Crippen molar-refractivity contribution >= 4 is 11.5 Å². The summed E-state index contributed by atoms with van der Waals surface area (Å²) in [5, 5.41) is 0. The van der Waals surface area contributed by atoms with E-state index >= 15 is 0 Å². The zero-order chi connectivity index (χ0) is 19.0. The van der Waals surface area contributed by atoms with Gasteiger partial charge in [0.25, 0.3) is 0 Å². The van der Waals surface area contributed by atoms with Crippen molar-refractivity contribution in [3.8, 4) is 11.1 Å². The topological polar surface area (TPSA) is 30.7 Å². The molecule has 0 bridgehead atoms. The lowest BCUT2D eigenvalue weighted by Crippen LogP contribution is -2.36. The molecule has 0 unspecified atom stereocenters. The van der Waals surface area contributed by atoms with Crippen molar-refractivity contribution in [2.45, 2.75) is 44.8 Å². The number of hydrogen-bond acceptors (Lipinski definition) is 2. The Morgan fingerprint density at radius 2 is 1.85 bits per heavy atom. The molecule has 27 heavy (non-hydrogen) atoms. The number of benzene rings is 2. The van der Waals surface area contributed by atoms with Crippen LogP contribution in [0.5, 0.6) is 0 Å². The summed E-state index contributed by atoms with van der Waals surface area (Å²) in [6.07, 6.45) is 2.36. The van der Waals surface area contributed by atoms with Gasteiger partial charge < -0.3 is 4.74 Å². The predicted octanol–water partition coefficient (Wildman–Crippen LogP) is 5.81. The van der Waals surface area contributed by atoms with Gasteiger partial charge in [-0.05, 0) is 60.9 Å². The van der Waals surface area contributed by atoms with Crippen LogP contribution in [0.2, 0.25) is 0 Å². The highest BCUT2D eigenvalue weighted by molar-refractivity contribution is 6.05. The van der Waals surface area contributed by atoms with E-state index in [1.807, 2.05) is 36.4 Å². The number of Topliss-reactive ketones (excluding diaryl/α,β-unsaturated/α-hetero) is 1. The number of nitrogens with zero attached hydrogens (tertiary/aromatic N) is 1. The molecule has 1 saturated carbocycles. The van der Waals surface area contributed by atoms with Crippen molar-refractivity contribution in [3.63, 3.8) is 0 Å². The van der Waals surface area contributed by atoms with Crippen LogP contribution in [0, 0.1) is 12.0 Å². The first-order chi connectivity index (χ1) is 13.0. The molecule has 0 atom stereocenters. The number of fused-ring (bicyclic) bond motifs is 1. The summed E-state index contributed by atoms with van der Waals surface area (Å²) in [5.41, 5.74) is 3.68. The second-order valence-corrected chi connectivity index (χ2v) is 7.42. The van der Waals surface area contributed by atoms with Gasteiger partial charge in [0.2, 0.25) is 0 Å². The Kier molecular flexibility index (Phi) is 4.53. The minimum atomic E-state index is -2.76. The van der Waals surface area contributed by atoms with E-state index in [1.165, 1.54) is 0 Å². The molecule has 138 valence electrons. The summed E-state index contributed by atoms with van der Waals surface area (Å²) < 4.78 is 29.5. The molecule has 0 amide bonds. The molecule has 2 aromatic carbocycles. The van der Waals surface area contributed by atoms with Gasteiger partial charge in [0.1, 0.15) is 0 Å². The van der Waals surface area contributed by atoms with E-state index < -0.39 is 18.1 Å². The molecule has 0 aliphatic heterocycles. The first-order valence-corrected chi connectivity index (χ1v) is 9.10. The Balaban J connectivity index is 1.58.